The van der Waals surface area contributed by atoms with Crippen LogP contribution in [0, 0.1) is 46.3 Å². The Balaban J connectivity index is 1.33. The second kappa shape index (κ2) is 8.03. The Labute approximate surface area is 184 Å². The lowest BCUT2D eigenvalue weighted by Gasteiger charge is -2.61. The zero-order chi connectivity index (χ0) is 21.1. The van der Waals surface area contributed by atoms with E-state index in [2.05, 4.69) is 26.1 Å². The molecule has 0 aromatic carbocycles. The van der Waals surface area contributed by atoms with E-state index in [1.807, 2.05) is 0 Å². The lowest BCUT2D eigenvalue weighted by atomic mass is 9.44. The van der Waals surface area contributed by atoms with Crippen molar-refractivity contribution in [2.45, 2.75) is 116 Å². The van der Waals surface area contributed by atoms with Gasteiger partial charge in [0.2, 0.25) is 0 Å². The summed E-state index contributed by atoms with van der Waals surface area (Å²) in [5, 5.41) is 25.2. The molecular weight excluding hydrogens is 370 g/mol. The van der Waals surface area contributed by atoms with Crippen molar-refractivity contribution in [3.05, 3.63) is 0 Å². The van der Waals surface area contributed by atoms with Crippen LogP contribution in [-0.2, 0) is 0 Å². The van der Waals surface area contributed by atoms with Gasteiger partial charge in [0.25, 0.3) is 0 Å². The maximum atomic E-state index is 11.3. The van der Waals surface area contributed by atoms with Crippen LogP contribution in [0.3, 0.4) is 0 Å². The molecule has 172 valence electrons. The van der Waals surface area contributed by atoms with Crippen LogP contribution in [-0.4, -0.2) is 35.0 Å². The van der Waals surface area contributed by atoms with Gasteiger partial charge in [0.1, 0.15) is 0 Å². The summed E-state index contributed by atoms with van der Waals surface area (Å²) in [6.07, 6.45) is 15.0. The van der Waals surface area contributed by atoms with Crippen LogP contribution in [0.4, 0.5) is 0 Å². The fourth-order valence-electron chi connectivity index (χ4n) is 9.91. The molecule has 5 rings (SSSR count). The van der Waals surface area contributed by atoms with Crippen molar-refractivity contribution in [3.8, 4) is 0 Å². The predicted molar refractivity (Wildman–Crippen MR) is 122 cm³/mol. The summed E-state index contributed by atoms with van der Waals surface area (Å²) in [6.45, 7) is 8.65. The molecule has 4 aliphatic carbocycles. The van der Waals surface area contributed by atoms with E-state index in [-0.39, 0.29) is 12.2 Å². The van der Waals surface area contributed by atoms with Crippen molar-refractivity contribution in [1.29, 1.82) is 0 Å². The predicted octanol–water partition coefficient (Wildman–Crippen LogP) is 5.15. The highest BCUT2D eigenvalue weighted by atomic mass is 16.3. The Morgan fingerprint density at radius 2 is 1.63 bits per heavy atom. The Bertz CT molecular complexity index is 618. The van der Waals surface area contributed by atoms with E-state index in [1.165, 1.54) is 57.8 Å². The van der Waals surface area contributed by atoms with E-state index in [1.54, 1.807) is 0 Å². The molecular formula is C27H47NO2. The average molecular weight is 418 g/mol. The first-order chi connectivity index (χ1) is 14.3. The number of nitrogens with one attached hydrogen (secondary N) is 1. The maximum Gasteiger partial charge on any atom is 0.0721 e. The minimum absolute atomic E-state index is 0.0416. The van der Waals surface area contributed by atoms with Gasteiger partial charge >= 0.3 is 0 Å². The van der Waals surface area contributed by atoms with Crippen molar-refractivity contribution < 1.29 is 10.2 Å². The molecule has 0 bridgehead atoms. The molecule has 0 spiro atoms. The smallest absolute Gasteiger partial charge is 0.0721 e. The quantitative estimate of drug-likeness (QED) is 0.595. The molecule has 1 saturated heterocycles. The third-order valence-corrected chi connectivity index (χ3v) is 11.6. The fourth-order valence-corrected chi connectivity index (χ4v) is 9.91. The maximum absolute atomic E-state index is 11.3. The highest BCUT2D eigenvalue weighted by Gasteiger charge is 2.61. The number of fused-ring (bicyclic) bond motifs is 5. The van der Waals surface area contributed by atoms with Crippen molar-refractivity contribution in [2.24, 2.45) is 46.3 Å². The molecule has 1 aliphatic heterocycles. The molecule has 4 saturated carbocycles. The second-order valence-electron chi connectivity index (χ2n) is 12.7. The number of hydrogen-bond acceptors (Lipinski definition) is 3. The van der Waals surface area contributed by atoms with Crippen LogP contribution < -0.4 is 5.32 Å². The summed E-state index contributed by atoms with van der Waals surface area (Å²) < 4.78 is 0. The molecule has 5 fully saturated rings. The third-order valence-electron chi connectivity index (χ3n) is 11.6. The second-order valence-corrected chi connectivity index (χ2v) is 12.7. The van der Waals surface area contributed by atoms with Gasteiger partial charge in [-0.2, -0.15) is 0 Å². The first-order valence-corrected chi connectivity index (χ1v) is 13.4. The highest BCUT2D eigenvalue weighted by molar-refractivity contribution is 5.10. The highest BCUT2D eigenvalue weighted by Crippen LogP contribution is 2.68. The minimum atomic E-state index is -0.184. The zero-order valence-electron chi connectivity index (χ0n) is 19.8. The summed E-state index contributed by atoms with van der Waals surface area (Å²) in [5.74, 6) is 4.47. The topological polar surface area (TPSA) is 52.5 Å². The van der Waals surface area contributed by atoms with E-state index < -0.39 is 0 Å². The molecule has 30 heavy (non-hydrogen) atoms. The van der Waals surface area contributed by atoms with E-state index in [0.717, 1.165) is 49.5 Å². The minimum Gasteiger partial charge on any atom is -0.393 e. The van der Waals surface area contributed by atoms with Crippen molar-refractivity contribution in [2.75, 3.05) is 6.54 Å². The Morgan fingerprint density at radius 3 is 2.40 bits per heavy atom. The molecule has 0 radical (unpaired) electrons. The van der Waals surface area contributed by atoms with Gasteiger partial charge in [0, 0.05) is 6.04 Å². The number of hydrogen-bond donors (Lipinski definition) is 3. The monoisotopic (exact) mass is 417 g/mol. The van der Waals surface area contributed by atoms with Crippen LogP contribution >= 0.6 is 0 Å². The molecule has 3 nitrogen and oxygen atoms in total. The molecule has 3 N–H and O–H groups in total. The molecule has 1 heterocycles. The lowest BCUT2D eigenvalue weighted by molar-refractivity contribution is -0.132. The molecule has 0 aromatic heterocycles. The standard InChI is InChI=1S/C27H47NO2/c1-17(25(30)24-6-4-5-15-28-24)21-9-10-22-20-8-7-18-16-19(29)11-13-26(18,2)23(20)12-14-27(21,22)3/h17-25,28-30H,4-16H2,1-3H3/t17-,18?,19+,20+,21?,22+,23+,24?,25+,26+,27-/m1/s1. The summed E-state index contributed by atoms with van der Waals surface area (Å²) in [7, 11) is 0. The van der Waals surface area contributed by atoms with Crippen molar-refractivity contribution >= 4 is 0 Å². The number of aliphatic hydroxyl groups is 2. The molecule has 5 aliphatic rings. The number of aliphatic hydroxyl groups excluding tert-OH is 2. The van der Waals surface area contributed by atoms with Gasteiger partial charge in [-0.25, -0.2) is 0 Å². The summed E-state index contributed by atoms with van der Waals surface area (Å²) in [4.78, 5) is 0. The van der Waals surface area contributed by atoms with Crippen LogP contribution in [0.25, 0.3) is 0 Å². The van der Waals surface area contributed by atoms with Gasteiger partial charge in [-0.15, -0.1) is 0 Å². The van der Waals surface area contributed by atoms with E-state index >= 15 is 0 Å². The summed E-state index contributed by atoms with van der Waals surface area (Å²) in [6, 6.07) is 0.316. The normalized spacial score (nSPS) is 53.3. The molecule has 3 unspecified atom stereocenters. The Hall–Kier alpha value is -0.120. The van der Waals surface area contributed by atoms with Crippen LogP contribution in [0.1, 0.15) is 97.8 Å². The van der Waals surface area contributed by atoms with Crippen LogP contribution in [0.2, 0.25) is 0 Å². The van der Waals surface area contributed by atoms with Gasteiger partial charge in [0.05, 0.1) is 12.2 Å². The lowest BCUT2D eigenvalue weighted by Crippen LogP contribution is -2.55. The largest absolute Gasteiger partial charge is 0.393 e. The van der Waals surface area contributed by atoms with E-state index in [4.69, 9.17) is 0 Å². The molecule has 11 atom stereocenters. The van der Waals surface area contributed by atoms with E-state index in [0.29, 0.717) is 28.7 Å². The van der Waals surface area contributed by atoms with Gasteiger partial charge in [-0.1, -0.05) is 27.2 Å². The van der Waals surface area contributed by atoms with E-state index in [9.17, 15) is 10.2 Å². The molecule has 0 amide bonds. The van der Waals surface area contributed by atoms with Gasteiger partial charge in [-0.3, -0.25) is 0 Å². The third kappa shape index (κ3) is 3.32. The summed E-state index contributed by atoms with van der Waals surface area (Å²) in [5.41, 5.74) is 0.895. The number of piperidine rings is 1. The van der Waals surface area contributed by atoms with Gasteiger partial charge < -0.3 is 15.5 Å². The SMILES string of the molecule is C[C@H](C1CC[C@H]2[C@@H]3CCC4C[C@@H](O)CC[C@]4(C)[C@H]3CC[C@]12C)[C@H](O)C1CCCCN1. The Kier molecular flexibility index (Phi) is 5.81. The van der Waals surface area contributed by atoms with Crippen molar-refractivity contribution in [1.82, 2.24) is 5.32 Å². The van der Waals surface area contributed by atoms with Gasteiger partial charge in [0.15, 0.2) is 0 Å². The molecule has 3 heteroatoms. The van der Waals surface area contributed by atoms with Crippen LogP contribution in [0.15, 0.2) is 0 Å². The fraction of sp³-hybridized carbons (Fsp3) is 1.00. The number of rotatable bonds is 3. The van der Waals surface area contributed by atoms with Gasteiger partial charge in [-0.05, 0) is 124 Å². The first kappa shape index (κ1) is 21.7. The zero-order valence-corrected chi connectivity index (χ0v) is 19.8. The van der Waals surface area contributed by atoms with Crippen molar-refractivity contribution in [3.63, 3.8) is 0 Å². The summed E-state index contributed by atoms with van der Waals surface area (Å²) >= 11 is 0. The first-order valence-electron chi connectivity index (χ1n) is 13.4. The Morgan fingerprint density at radius 1 is 0.867 bits per heavy atom. The van der Waals surface area contributed by atoms with Crippen LogP contribution in [0.5, 0.6) is 0 Å². The molecule has 0 aromatic rings. The average Bonchev–Trinajstić information content (AvgIpc) is 3.11.